The van der Waals surface area contributed by atoms with Gasteiger partial charge in [-0.05, 0) is 23.1 Å². The highest BCUT2D eigenvalue weighted by atomic mass is 32.1. The molecule has 0 fully saturated rings. The van der Waals surface area contributed by atoms with Crippen molar-refractivity contribution in [2.45, 2.75) is 19.0 Å². The van der Waals surface area contributed by atoms with Gasteiger partial charge in [0.1, 0.15) is 6.04 Å². The second-order valence-electron chi connectivity index (χ2n) is 4.83. The van der Waals surface area contributed by atoms with Gasteiger partial charge in [0.2, 0.25) is 5.91 Å². The van der Waals surface area contributed by atoms with E-state index < -0.39 is 0 Å². The number of anilines is 1. The minimum Gasteiger partial charge on any atom is -0.373 e. The lowest BCUT2D eigenvalue weighted by molar-refractivity contribution is -0.131. The zero-order valence-corrected chi connectivity index (χ0v) is 11.6. The Morgan fingerprint density at radius 2 is 2.21 bits per heavy atom. The average molecular weight is 272 g/mol. The minimum atomic E-state index is -0.123. The first kappa shape index (κ1) is 12.2. The van der Waals surface area contributed by atoms with Crippen molar-refractivity contribution in [1.82, 2.24) is 4.90 Å². The maximum Gasteiger partial charge on any atom is 0.245 e. The number of thiophene rings is 1. The monoisotopic (exact) mass is 272 g/mol. The molecule has 19 heavy (non-hydrogen) atoms. The molecule has 1 aromatic carbocycles. The van der Waals surface area contributed by atoms with Crippen molar-refractivity contribution in [2.75, 3.05) is 12.4 Å². The molecule has 0 spiro atoms. The number of likely N-dealkylation sites (N-methyl/N-ethyl adjacent to an activating group) is 1. The molecular formula is C15H16N2OS. The Hall–Kier alpha value is -1.81. The summed E-state index contributed by atoms with van der Waals surface area (Å²) in [5, 5.41) is 5.35. The van der Waals surface area contributed by atoms with Gasteiger partial charge in [0.25, 0.3) is 0 Å². The van der Waals surface area contributed by atoms with Crippen LogP contribution >= 0.6 is 11.3 Å². The highest BCUT2D eigenvalue weighted by molar-refractivity contribution is 7.09. The molecule has 1 amide bonds. The molecule has 1 aliphatic heterocycles. The Bertz CT molecular complexity index is 555. The Morgan fingerprint density at radius 3 is 2.95 bits per heavy atom. The fraction of sp³-hybridized carbons (Fsp3) is 0.267. The van der Waals surface area contributed by atoms with Gasteiger partial charge in [-0.25, -0.2) is 0 Å². The van der Waals surface area contributed by atoms with Crippen molar-refractivity contribution >= 4 is 22.9 Å². The topological polar surface area (TPSA) is 32.3 Å². The van der Waals surface area contributed by atoms with Gasteiger partial charge in [-0.15, -0.1) is 11.3 Å². The molecule has 3 rings (SSSR count). The molecule has 1 aromatic heterocycles. The van der Waals surface area contributed by atoms with Crippen LogP contribution in [0.4, 0.5) is 5.69 Å². The smallest absolute Gasteiger partial charge is 0.245 e. The van der Waals surface area contributed by atoms with Gasteiger partial charge in [0, 0.05) is 24.0 Å². The van der Waals surface area contributed by atoms with E-state index in [1.54, 1.807) is 16.2 Å². The van der Waals surface area contributed by atoms with Crippen LogP contribution in [0.2, 0.25) is 0 Å². The van der Waals surface area contributed by atoms with Gasteiger partial charge >= 0.3 is 0 Å². The van der Waals surface area contributed by atoms with Gasteiger partial charge in [0.15, 0.2) is 0 Å². The van der Waals surface area contributed by atoms with Crippen LogP contribution in [0.1, 0.15) is 10.4 Å². The van der Waals surface area contributed by atoms with Gasteiger partial charge in [-0.2, -0.15) is 0 Å². The summed E-state index contributed by atoms with van der Waals surface area (Å²) in [5.41, 5.74) is 2.32. The molecule has 0 aliphatic carbocycles. The fourth-order valence-electron chi connectivity index (χ4n) is 2.43. The van der Waals surface area contributed by atoms with Crippen molar-refractivity contribution in [2.24, 2.45) is 0 Å². The third kappa shape index (κ3) is 2.49. The fourth-order valence-corrected chi connectivity index (χ4v) is 3.18. The molecular weight excluding hydrogens is 256 g/mol. The lowest BCUT2D eigenvalue weighted by Gasteiger charge is -2.20. The molecule has 0 saturated carbocycles. The summed E-state index contributed by atoms with van der Waals surface area (Å²) in [5.74, 6) is 0.157. The Balaban J connectivity index is 1.66. The van der Waals surface area contributed by atoms with E-state index >= 15 is 0 Å². The molecule has 3 nitrogen and oxygen atoms in total. The van der Waals surface area contributed by atoms with E-state index in [0.717, 1.165) is 12.1 Å². The predicted octanol–water partition coefficient (Wildman–Crippen LogP) is 2.74. The number of fused-ring (bicyclic) bond motifs is 1. The predicted molar refractivity (Wildman–Crippen MR) is 78.3 cm³/mol. The minimum absolute atomic E-state index is 0.123. The van der Waals surface area contributed by atoms with Crippen LogP contribution < -0.4 is 5.32 Å². The van der Waals surface area contributed by atoms with Crippen LogP contribution in [0.25, 0.3) is 0 Å². The SMILES string of the molecule is CN(Cc1cccs1)C(=O)[C@@H]1Cc2ccccc2N1. The normalized spacial score (nSPS) is 16.8. The van der Waals surface area contributed by atoms with Gasteiger partial charge in [-0.1, -0.05) is 24.3 Å². The number of rotatable bonds is 3. The molecule has 1 N–H and O–H groups in total. The Kier molecular flexibility index (Phi) is 3.25. The van der Waals surface area contributed by atoms with E-state index in [4.69, 9.17) is 0 Å². The Morgan fingerprint density at radius 1 is 1.37 bits per heavy atom. The number of amides is 1. The largest absolute Gasteiger partial charge is 0.373 e. The highest BCUT2D eigenvalue weighted by Gasteiger charge is 2.28. The van der Waals surface area contributed by atoms with Crippen LogP contribution in [0, 0.1) is 0 Å². The van der Waals surface area contributed by atoms with E-state index in [-0.39, 0.29) is 11.9 Å². The molecule has 98 valence electrons. The maximum absolute atomic E-state index is 12.4. The quantitative estimate of drug-likeness (QED) is 0.932. The number of carbonyl (C=O) groups excluding carboxylic acids is 1. The van der Waals surface area contributed by atoms with Crippen molar-refractivity contribution < 1.29 is 4.79 Å². The summed E-state index contributed by atoms with van der Waals surface area (Å²) in [4.78, 5) is 15.4. The summed E-state index contributed by atoms with van der Waals surface area (Å²) in [7, 11) is 1.87. The first-order valence-electron chi connectivity index (χ1n) is 6.36. The van der Waals surface area contributed by atoms with Crippen molar-refractivity contribution in [1.29, 1.82) is 0 Å². The standard InChI is InChI=1S/C15H16N2OS/c1-17(10-12-6-4-8-19-12)15(18)14-9-11-5-2-3-7-13(11)16-14/h2-8,14,16H,9-10H2,1H3/t14-/m0/s1. The molecule has 1 aliphatic rings. The number of para-hydroxylation sites is 1. The van der Waals surface area contributed by atoms with Gasteiger partial charge < -0.3 is 10.2 Å². The molecule has 0 radical (unpaired) electrons. The van der Waals surface area contributed by atoms with E-state index in [1.807, 2.05) is 36.7 Å². The number of nitrogens with one attached hydrogen (secondary N) is 1. The third-order valence-electron chi connectivity index (χ3n) is 3.42. The van der Waals surface area contributed by atoms with Crippen molar-refractivity contribution in [3.8, 4) is 0 Å². The van der Waals surface area contributed by atoms with E-state index in [2.05, 4.69) is 17.4 Å². The highest BCUT2D eigenvalue weighted by Crippen LogP contribution is 2.26. The lowest BCUT2D eigenvalue weighted by Crippen LogP contribution is -2.39. The second-order valence-corrected chi connectivity index (χ2v) is 5.86. The number of benzene rings is 1. The van der Waals surface area contributed by atoms with Crippen LogP contribution in [0.3, 0.4) is 0 Å². The van der Waals surface area contributed by atoms with E-state index in [0.29, 0.717) is 6.54 Å². The van der Waals surface area contributed by atoms with Crippen LogP contribution in [0.5, 0.6) is 0 Å². The summed E-state index contributed by atoms with van der Waals surface area (Å²) in [6.07, 6.45) is 0.782. The zero-order chi connectivity index (χ0) is 13.2. The van der Waals surface area contributed by atoms with Crippen LogP contribution in [-0.4, -0.2) is 23.9 Å². The molecule has 2 heterocycles. The first-order chi connectivity index (χ1) is 9.24. The summed E-state index contributed by atoms with van der Waals surface area (Å²) >= 11 is 1.68. The van der Waals surface area contributed by atoms with E-state index in [1.165, 1.54) is 10.4 Å². The van der Waals surface area contributed by atoms with E-state index in [9.17, 15) is 4.79 Å². The molecule has 0 unspecified atom stereocenters. The zero-order valence-electron chi connectivity index (χ0n) is 10.8. The number of hydrogen-bond acceptors (Lipinski definition) is 3. The molecule has 0 saturated heterocycles. The average Bonchev–Trinajstić information content (AvgIpc) is 3.05. The molecule has 2 aromatic rings. The number of nitrogens with zero attached hydrogens (tertiary/aromatic N) is 1. The maximum atomic E-state index is 12.4. The molecule has 4 heteroatoms. The summed E-state index contributed by atoms with van der Waals surface area (Å²) in [6, 6.07) is 12.1. The summed E-state index contributed by atoms with van der Waals surface area (Å²) in [6.45, 7) is 0.686. The lowest BCUT2D eigenvalue weighted by atomic mass is 10.1. The van der Waals surface area contributed by atoms with Gasteiger partial charge in [0.05, 0.1) is 6.54 Å². The Labute approximate surface area is 116 Å². The molecule has 0 bridgehead atoms. The van der Waals surface area contributed by atoms with Crippen LogP contribution in [-0.2, 0) is 17.8 Å². The second kappa shape index (κ2) is 5.05. The summed E-state index contributed by atoms with van der Waals surface area (Å²) < 4.78 is 0. The van der Waals surface area contributed by atoms with Crippen molar-refractivity contribution in [3.05, 3.63) is 52.2 Å². The van der Waals surface area contributed by atoms with Crippen LogP contribution in [0.15, 0.2) is 41.8 Å². The number of carbonyl (C=O) groups is 1. The first-order valence-corrected chi connectivity index (χ1v) is 7.24. The third-order valence-corrected chi connectivity index (χ3v) is 4.28. The van der Waals surface area contributed by atoms with Gasteiger partial charge in [-0.3, -0.25) is 4.79 Å². The van der Waals surface area contributed by atoms with Crippen molar-refractivity contribution in [3.63, 3.8) is 0 Å². The molecule has 1 atom stereocenters. The number of hydrogen-bond donors (Lipinski definition) is 1.